The lowest BCUT2D eigenvalue weighted by Gasteiger charge is -2.24. The molecule has 9 heteroatoms. The third kappa shape index (κ3) is 6.10. The maximum Gasteiger partial charge on any atom is 0.323 e. The van der Waals surface area contributed by atoms with E-state index in [0.717, 1.165) is 22.2 Å². The number of hydrogen-bond acceptors (Lipinski definition) is 6. The predicted molar refractivity (Wildman–Crippen MR) is 121 cm³/mol. The molecule has 1 aliphatic rings. The molecule has 0 saturated carbocycles. The average molecular weight is 457 g/mol. The standard InChI is InChI=1S/C23H24N2O6S/c1-15(26)32-14-17(11-16-7-3-2-4-8-16)22(29)24-18-13-31-20-10-6-5-9-19(20)25(23(18)30)12-21(27)28/h2-10,17-18H,11-14H2,1H3,(H,24,29)(H,27,28)/t17-,18-/m1/s1. The highest BCUT2D eigenvalue weighted by Gasteiger charge is 2.35. The highest BCUT2D eigenvalue weighted by Crippen LogP contribution is 2.31. The second kappa shape index (κ2) is 10.8. The van der Waals surface area contributed by atoms with Gasteiger partial charge in [-0.05, 0) is 24.1 Å². The van der Waals surface area contributed by atoms with Gasteiger partial charge in [0.2, 0.25) is 5.91 Å². The van der Waals surface area contributed by atoms with Crippen LogP contribution in [-0.4, -0.2) is 53.0 Å². The molecule has 0 aromatic heterocycles. The number of amides is 2. The van der Waals surface area contributed by atoms with E-state index in [0.29, 0.717) is 17.9 Å². The molecule has 2 amide bonds. The van der Waals surface area contributed by atoms with Crippen molar-refractivity contribution in [3.63, 3.8) is 0 Å². The first-order chi connectivity index (χ1) is 15.3. The van der Waals surface area contributed by atoms with Crippen molar-refractivity contribution in [3.05, 3.63) is 60.2 Å². The summed E-state index contributed by atoms with van der Waals surface area (Å²) in [7, 11) is 0. The van der Waals surface area contributed by atoms with E-state index in [2.05, 4.69) is 5.32 Å². The normalized spacial score (nSPS) is 16.3. The van der Waals surface area contributed by atoms with E-state index in [1.807, 2.05) is 30.3 Å². The molecule has 0 saturated heterocycles. The Balaban J connectivity index is 1.79. The Kier molecular flexibility index (Phi) is 7.88. The number of anilines is 1. The van der Waals surface area contributed by atoms with Gasteiger partial charge in [-0.2, -0.15) is 0 Å². The van der Waals surface area contributed by atoms with Gasteiger partial charge in [-0.25, -0.2) is 0 Å². The molecule has 2 atom stereocenters. The maximum absolute atomic E-state index is 13.1. The van der Waals surface area contributed by atoms with Crippen molar-refractivity contribution in [2.45, 2.75) is 19.4 Å². The van der Waals surface area contributed by atoms with Gasteiger partial charge in [0.15, 0.2) is 5.12 Å². The lowest BCUT2D eigenvalue weighted by molar-refractivity contribution is -0.137. The number of carboxylic acid groups (broad SMARTS) is 1. The smallest absolute Gasteiger partial charge is 0.323 e. The van der Waals surface area contributed by atoms with E-state index in [-0.39, 0.29) is 17.5 Å². The van der Waals surface area contributed by atoms with E-state index < -0.39 is 36.3 Å². The molecule has 3 rings (SSSR count). The number of nitrogens with zero attached hydrogens (tertiary/aromatic N) is 1. The third-order valence-electron chi connectivity index (χ3n) is 4.92. The quantitative estimate of drug-likeness (QED) is 0.626. The molecule has 32 heavy (non-hydrogen) atoms. The second-order valence-corrected chi connectivity index (χ2v) is 8.54. The summed E-state index contributed by atoms with van der Waals surface area (Å²) in [6.45, 7) is 0.751. The van der Waals surface area contributed by atoms with E-state index in [4.69, 9.17) is 4.74 Å². The van der Waals surface area contributed by atoms with E-state index >= 15 is 0 Å². The van der Waals surface area contributed by atoms with E-state index in [1.54, 1.807) is 24.3 Å². The first-order valence-corrected chi connectivity index (χ1v) is 11.1. The van der Waals surface area contributed by atoms with Gasteiger partial charge in [0, 0.05) is 12.7 Å². The zero-order valence-electron chi connectivity index (χ0n) is 17.5. The number of carbonyl (C=O) groups excluding carboxylic acids is 3. The van der Waals surface area contributed by atoms with Crippen LogP contribution in [0.2, 0.25) is 0 Å². The van der Waals surface area contributed by atoms with Gasteiger partial charge < -0.3 is 15.2 Å². The van der Waals surface area contributed by atoms with Crippen molar-refractivity contribution in [1.82, 2.24) is 5.32 Å². The van der Waals surface area contributed by atoms with Crippen molar-refractivity contribution in [2.24, 2.45) is 5.92 Å². The molecule has 2 aromatic carbocycles. The topological polar surface area (TPSA) is 113 Å². The molecule has 0 fully saturated rings. The molecule has 0 spiro atoms. The number of para-hydroxylation sites is 2. The molecule has 0 bridgehead atoms. The fourth-order valence-corrected chi connectivity index (χ4v) is 4.09. The van der Waals surface area contributed by atoms with Crippen LogP contribution in [0.4, 0.5) is 5.69 Å². The molecule has 2 aromatic rings. The first kappa shape index (κ1) is 23.3. The number of carboxylic acids is 1. The van der Waals surface area contributed by atoms with Crippen LogP contribution >= 0.6 is 11.8 Å². The number of hydrogen-bond donors (Lipinski definition) is 2. The summed E-state index contributed by atoms with van der Waals surface area (Å²) >= 11 is 1.05. The Morgan fingerprint density at radius 3 is 2.53 bits per heavy atom. The van der Waals surface area contributed by atoms with Crippen LogP contribution in [-0.2, 0) is 25.6 Å². The van der Waals surface area contributed by atoms with E-state index in [1.165, 1.54) is 6.92 Å². The number of benzene rings is 2. The van der Waals surface area contributed by atoms with E-state index in [9.17, 15) is 24.3 Å². The SMILES string of the molecule is CC(=O)SC[C@@H](Cc1ccccc1)C(=O)N[C@@H]1COc2ccccc2N(CC(=O)O)C1=O. The summed E-state index contributed by atoms with van der Waals surface area (Å²) in [5, 5.41) is 11.9. The molecule has 8 nitrogen and oxygen atoms in total. The Hall–Kier alpha value is -3.33. The van der Waals surface area contributed by atoms with Crippen molar-refractivity contribution >= 4 is 40.3 Å². The minimum Gasteiger partial charge on any atom is -0.489 e. The molecule has 0 radical (unpaired) electrons. The summed E-state index contributed by atoms with van der Waals surface area (Å²) in [5.41, 5.74) is 1.27. The second-order valence-electron chi connectivity index (χ2n) is 7.35. The Morgan fingerprint density at radius 2 is 1.84 bits per heavy atom. The van der Waals surface area contributed by atoms with Crippen molar-refractivity contribution in [1.29, 1.82) is 0 Å². The number of rotatable bonds is 8. The number of ether oxygens (including phenoxy) is 1. The zero-order valence-corrected chi connectivity index (χ0v) is 18.3. The van der Waals surface area contributed by atoms with Crippen LogP contribution in [0.25, 0.3) is 0 Å². The molecule has 0 unspecified atom stereocenters. The minimum atomic E-state index is -1.18. The number of aliphatic carboxylic acids is 1. The summed E-state index contributed by atoms with van der Waals surface area (Å²) in [5.74, 6) is -2.07. The number of carbonyl (C=O) groups is 4. The van der Waals surface area contributed by atoms with Gasteiger partial charge in [-0.1, -0.05) is 54.2 Å². The van der Waals surface area contributed by atoms with Crippen LogP contribution in [0.15, 0.2) is 54.6 Å². The zero-order chi connectivity index (χ0) is 23.1. The van der Waals surface area contributed by atoms with Crippen LogP contribution in [0.1, 0.15) is 12.5 Å². The predicted octanol–water partition coefficient (Wildman–Crippen LogP) is 2.12. The number of fused-ring (bicyclic) bond motifs is 1. The first-order valence-electron chi connectivity index (χ1n) is 10.1. The Bertz CT molecular complexity index is 997. The largest absolute Gasteiger partial charge is 0.489 e. The van der Waals surface area contributed by atoms with Gasteiger partial charge >= 0.3 is 5.97 Å². The highest BCUT2D eigenvalue weighted by molar-refractivity contribution is 8.13. The number of thioether (sulfide) groups is 1. The van der Waals surface area contributed by atoms with Crippen molar-refractivity contribution in [2.75, 3.05) is 23.8 Å². The van der Waals surface area contributed by atoms with Crippen LogP contribution in [0.5, 0.6) is 5.75 Å². The Labute approximate surface area is 189 Å². The summed E-state index contributed by atoms with van der Waals surface area (Å²) in [6.07, 6.45) is 0.397. The van der Waals surface area contributed by atoms with Gasteiger partial charge in [-0.3, -0.25) is 24.1 Å². The maximum atomic E-state index is 13.1. The molecule has 2 N–H and O–H groups in total. The molecular formula is C23H24N2O6S. The number of nitrogens with one attached hydrogen (secondary N) is 1. The van der Waals surface area contributed by atoms with Gasteiger partial charge in [0.1, 0.15) is 24.9 Å². The highest BCUT2D eigenvalue weighted by atomic mass is 32.2. The lowest BCUT2D eigenvalue weighted by atomic mass is 10.00. The molecule has 0 aliphatic carbocycles. The van der Waals surface area contributed by atoms with Crippen LogP contribution < -0.4 is 15.0 Å². The fraction of sp³-hybridized carbons (Fsp3) is 0.304. The monoisotopic (exact) mass is 456 g/mol. The molecule has 1 heterocycles. The molecule has 168 valence electrons. The molecule has 1 aliphatic heterocycles. The summed E-state index contributed by atoms with van der Waals surface area (Å²) in [4.78, 5) is 50.2. The fourth-order valence-electron chi connectivity index (χ4n) is 3.39. The minimum absolute atomic E-state index is 0.104. The molecular weight excluding hydrogens is 432 g/mol. The van der Waals surface area contributed by atoms with Crippen molar-refractivity contribution in [3.8, 4) is 5.75 Å². The van der Waals surface area contributed by atoms with Crippen molar-refractivity contribution < 1.29 is 29.0 Å². The third-order valence-corrected chi connectivity index (χ3v) is 5.89. The van der Waals surface area contributed by atoms with Crippen LogP contribution in [0, 0.1) is 5.92 Å². The van der Waals surface area contributed by atoms with Gasteiger partial charge in [-0.15, -0.1) is 0 Å². The Morgan fingerprint density at radius 1 is 1.16 bits per heavy atom. The van der Waals surface area contributed by atoms with Gasteiger partial charge in [0.25, 0.3) is 5.91 Å². The average Bonchev–Trinajstić information content (AvgIpc) is 2.89. The van der Waals surface area contributed by atoms with Gasteiger partial charge in [0.05, 0.1) is 11.6 Å². The van der Waals surface area contributed by atoms with Crippen LogP contribution in [0.3, 0.4) is 0 Å². The summed E-state index contributed by atoms with van der Waals surface area (Å²) < 4.78 is 5.71. The summed E-state index contributed by atoms with van der Waals surface area (Å²) in [6, 6.07) is 15.0. The lowest BCUT2D eigenvalue weighted by Crippen LogP contribution is -2.53.